The van der Waals surface area contributed by atoms with Gasteiger partial charge in [-0.2, -0.15) is 0 Å². The predicted molar refractivity (Wildman–Crippen MR) is 103 cm³/mol. The molecule has 0 fully saturated rings. The van der Waals surface area contributed by atoms with Crippen LogP contribution in [-0.2, 0) is 11.3 Å². The molecule has 0 saturated heterocycles. The molecule has 4 nitrogen and oxygen atoms in total. The lowest BCUT2D eigenvalue weighted by molar-refractivity contribution is 0.129. The van der Waals surface area contributed by atoms with Gasteiger partial charge < -0.3 is 5.11 Å². The smallest absolute Gasteiger partial charge is 0.141 e. The average molecular weight is 399 g/mol. The molecule has 25 heavy (non-hydrogen) atoms. The summed E-state index contributed by atoms with van der Waals surface area (Å²) in [4.78, 5) is 9.56. The van der Waals surface area contributed by atoms with E-state index in [1.165, 1.54) is 5.56 Å². The van der Waals surface area contributed by atoms with Crippen LogP contribution in [0.25, 0.3) is 5.57 Å². The minimum atomic E-state index is 0.205. The fourth-order valence-corrected chi connectivity index (χ4v) is 2.92. The minimum Gasteiger partial charge on any atom is -0.506 e. The molecule has 0 unspecified atom stereocenters. The maximum atomic E-state index is 10.3. The monoisotopic (exact) mass is 398 g/mol. The Kier molecular flexibility index (Phi) is 6.17. The Hall–Kier alpha value is -2.21. The highest BCUT2D eigenvalue weighted by atomic mass is 79.9. The van der Waals surface area contributed by atoms with Crippen molar-refractivity contribution in [3.63, 3.8) is 0 Å². The van der Waals surface area contributed by atoms with Crippen molar-refractivity contribution >= 4 is 21.7 Å². The van der Waals surface area contributed by atoms with Crippen LogP contribution in [0, 0.1) is 0 Å². The predicted octanol–water partition coefficient (Wildman–Crippen LogP) is 4.50. The van der Waals surface area contributed by atoms with Gasteiger partial charge in [0.15, 0.2) is 0 Å². The van der Waals surface area contributed by atoms with Crippen LogP contribution in [0.3, 0.4) is 0 Å². The molecular formula is C20H19BrN2O2. The summed E-state index contributed by atoms with van der Waals surface area (Å²) in [5.74, 6) is 0.205. The van der Waals surface area contributed by atoms with E-state index in [1.807, 2.05) is 24.3 Å². The second-order valence-electron chi connectivity index (χ2n) is 5.72. The summed E-state index contributed by atoms with van der Waals surface area (Å²) in [6.07, 6.45) is 9.45. The fourth-order valence-electron chi connectivity index (χ4n) is 2.80. The molecule has 0 spiro atoms. The highest BCUT2D eigenvalue weighted by Crippen LogP contribution is 2.32. The zero-order valence-corrected chi connectivity index (χ0v) is 15.2. The van der Waals surface area contributed by atoms with Crippen LogP contribution in [0.4, 0.5) is 0 Å². The normalized spacial score (nSPS) is 15.8. The number of nitrogens with zero attached hydrogens (tertiary/aromatic N) is 1. The van der Waals surface area contributed by atoms with Gasteiger partial charge >= 0.3 is 0 Å². The lowest BCUT2D eigenvalue weighted by Crippen LogP contribution is -2.06. The first-order valence-corrected chi connectivity index (χ1v) is 8.82. The second-order valence-corrected chi connectivity index (χ2v) is 6.04. The van der Waals surface area contributed by atoms with Crippen molar-refractivity contribution in [2.24, 2.45) is 0 Å². The van der Waals surface area contributed by atoms with Crippen LogP contribution in [0.2, 0.25) is 0 Å². The molecule has 3 rings (SSSR count). The van der Waals surface area contributed by atoms with E-state index in [0.717, 1.165) is 23.1 Å². The molecule has 1 aliphatic rings. The highest BCUT2D eigenvalue weighted by molar-refractivity contribution is 9.07. The number of pyridine rings is 1. The van der Waals surface area contributed by atoms with Crippen molar-refractivity contribution in [2.75, 3.05) is 6.61 Å². The molecule has 128 valence electrons. The van der Waals surface area contributed by atoms with Gasteiger partial charge in [-0.05, 0) is 47.3 Å². The molecule has 0 atom stereocenters. The van der Waals surface area contributed by atoms with Crippen molar-refractivity contribution in [2.45, 2.75) is 12.8 Å². The standard InChI is InChI=1S/C20H19BrN2O2/c21-23-25-14-16-8-10-17(11-9-16)18(13-15-5-2-1-3-6-15)20-19(24)7-4-12-22-20/h1-10,12,23-24H,11,13-14H2. The Labute approximate surface area is 155 Å². The third-order valence-corrected chi connectivity index (χ3v) is 4.29. The largest absolute Gasteiger partial charge is 0.506 e. The number of hydrogen-bond acceptors (Lipinski definition) is 4. The van der Waals surface area contributed by atoms with Crippen LogP contribution in [0.1, 0.15) is 17.7 Å². The van der Waals surface area contributed by atoms with Crippen molar-refractivity contribution in [1.82, 2.24) is 9.49 Å². The Bertz CT molecular complexity index is 813. The lowest BCUT2D eigenvalue weighted by atomic mass is 9.91. The summed E-state index contributed by atoms with van der Waals surface area (Å²) in [5.41, 5.74) is 5.11. The quantitative estimate of drug-likeness (QED) is 0.555. The van der Waals surface area contributed by atoms with Crippen molar-refractivity contribution in [3.8, 4) is 5.75 Å². The van der Waals surface area contributed by atoms with Gasteiger partial charge in [0, 0.05) is 22.3 Å². The first-order valence-electron chi connectivity index (χ1n) is 8.03. The molecule has 5 heteroatoms. The lowest BCUT2D eigenvalue weighted by Gasteiger charge is -2.16. The Morgan fingerprint density at radius 1 is 1.16 bits per heavy atom. The molecule has 0 saturated carbocycles. The summed E-state index contributed by atoms with van der Waals surface area (Å²) in [6.45, 7) is 0.484. The van der Waals surface area contributed by atoms with Gasteiger partial charge in [-0.1, -0.05) is 48.6 Å². The topological polar surface area (TPSA) is 54.4 Å². The third-order valence-electron chi connectivity index (χ3n) is 4.06. The van der Waals surface area contributed by atoms with E-state index in [1.54, 1.807) is 18.3 Å². The number of aromatic hydroxyl groups is 1. The number of benzene rings is 1. The van der Waals surface area contributed by atoms with Crippen LogP contribution in [-0.4, -0.2) is 16.7 Å². The number of nitrogens with one attached hydrogen (secondary N) is 1. The SMILES string of the molecule is Oc1cccnc1C(Cc1ccccc1)=C1C=CC(CONBr)=CC1. The van der Waals surface area contributed by atoms with Gasteiger partial charge in [0.1, 0.15) is 11.4 Å². The molecule has 1 aromatic carbocycles. The molecule has 2 aromatic rings. The molecule has 1 aliphatic carbocycles. The zero-order chi connectivity index (χ0) is 17.5. The highest BCUT2D eigenvalue weighted by Gasteiger charge is 2.15. The Morgan fingerprint density at radius 2 is 2.00 bits per heavy atom. The van der Waals surface area contributed by atoms with Crippen LogP contribution >= 0.6 is 16.1 Å². The Morgan fingerprint density at radius 3 is 2.68 bits per heavy atom. The van der Waals surface area contributed by atoms with E-state index < -0.39 is 0 Å². The first-order chi connectivity index (χ1) is 12.3. The number of allylic oxidation sites excluding steroid dienone is 4. The van der Waals surface area contributed by atoms with E-state index in [2.05, 4.69) is 49.9 Å². The van der Waals surface area contributed by atoms with Gasteiger partial charge in [-0.3, -0.25) is 9.82 Å². The number of aromatic nitrogens is 1. The average Bonchev–Trinajstić information content (AvgIpc) is 2.66. The Balaban J connectivity index is 1.94. The van der Waals surface area contributed by atoms with Crippen LogP contribution in [0.15, 0.2) is 78.0 Å². The molecule has 0 aliphatic heterocycles. The van der Waals surface area contributed by atoms with E-state index in [9.17, 15) is 5.11 Å². The van der Waals surface area contributed by atoms with Gasteiger partial charge in [0.2, 0.25) is 0 Å². The summed E-state index contributed by atoms with van der Waals surface area (Å²) in [5, 5.41) is 10.3. The maximum absolute atomic E-state index is 10.3. The molecule has 1 aromatic heterocycles. The van der Waals surface area contributed by atoms with Crippen molar-refractivity contribution in [3.05, 3.63) is 89.3 Å². The summed E-state index contributed by atoms with van der Waals surface area (Å²) < 4.78 is 2.50. The number of halogens is 1. The van der Waals surface area contributed by atoms with Gasteiger partial charge in [0.05, 0.1) is 6.61 Å². The van der Waals surface area contributed by atoms with E-state index in [0.29, 0.717) is 18.7 Å². The molecule has 2 N–H and O–H groups in total. The maximum Gasteiger partial charge on any atom is 0.141 e. The van der Waals surface area contributed by atoms with Crippen molar-refractivity contribution < 1.29 is 9.94 Å². The molecule has 0 radical (unpaired) electrons. The first kappa shape index (κ1) is 17.6. The second kappa shape index (κ2) is 8.76. The third kappa shape index (κ3) is 4.66. The fraction of sp³-hybridized carbons (Fsp3) is 0.150. The molecule has 0 bridgehead atoms. The zero-order valence-electron chi connectivity index (χ0n) is 13.7. The van der Waals surface area contributed by atoms with Crippen LogP contribution in [0.5, 0.6) is 5.75 Å². The number of hydrogen-bond donors (Lipinski definition) is 2. The molecule has 0 amide bonds. The van der Waals surface area contributed by atoms with E-state index >= 15 is 0 Å². The van der Waals surface area contributed by atoms with Gasteiger partial charge in [-0.25, -0.2) is 0 Å². The van der Waals surface area contributed by atoms with Gasteiger partial charge in [-0.15, -0.1) is 4.51 Å². The van der Waals surface area contributed by atoms with Gasteiger partial charge in [0.25, 0.3) is 0 Å². The molecular weight excluding hydrogens is 380 g/mol. The number of rotatable bonds is 6. The minimum absolute atomic E-state index is 0.205. The van der Waals surface area contributed by atoms with E-state index in [4.69, 9.17) is 4.84 Å². The summed E-state index contributed by atoms with van der Waals surface area (Å²) >= 11 is 3.02. The molecule has 1 heterocycles. The summed E-state index contributed by atoms with van der Waals surface area (Å²) in [7, 11) is 0. The van der Waals surface area contributed by atoms with Crippen molar-refractivity contribution in [1.29, 1.82) is 0 Å². The van der Waals surface area contributed by atoms with Crippen LogP contribution < -0.4 is 4.51 Å². The van der Waals surface area contributed by atoms with E-state index in [-0.39, 0.29) is 5.75 Å². The summed E-state index contributed by atoms with van der Waals surface area (Å²) in [6, 6.07) is 13.6.